The van der Waals surface area contributed by atoms with Crippen LogP contribution in [-0.2, 0) is 9.53 Å². The molecule has 2 aromatic rings. The van der Waals surface area contributed by atoms with Crippen LogP contribution < -0.4 is 10.1 Å². The zero-order valence-corrected chi connectivity index (χ0v) is 15.9. The van der Waals surface area contributed by atoms with E-state index in [1.54, 1.807) is 13.3 Å². The molecule has 5 nitrogen and oxygen atoms in total. The Bertz CT molecular complexity index is 777. The first-order chi connectivity index (χ1) is 12.6. The van der Waals surface area contributed by atoms with Crippen LogP contribution in [0.4, 0.5) is 5.69 Å². The van der Waals surface area contributed by atoms with Gasteiger partial charge in [0.05, 0.1) is 12.8 Å². The summed E-state index contributed by atoms with van der Waals surface area (Å²) in [6, 6.07) is 7.53. The SMILES string of the molecule is CCCO[C@]1(C(=O)Nc2ccc(OC)c3ncccc23)CCC[C@@H](C)C1. The molecule has 1 fully saturated rings. The van der Waals surface area contributed by atoms with Gasteiger partial charge in [0.1, 0.15) is 16.9 Å². The molecule has 1 amide bonds. The van der Waals surface area contributed by atoms with E-state index >= 15 is 0 Å². The normalized spacial score (nSPS) is 23.0. The van der Waals surface area contributed by atoms with E-state index < -0.39 is 5.60 Å². The topological polar surface area (TPSA) is 60.5 Å². The first-order valence-electron chi connectivity index (χ1n) is 9.47. The lowest BCUT2D eigenvalue weighted by atomic mass is 9.78. The van der Waals surface area contributed by atoms with Crippen molar-refractivity contribution in [2.24, 2.45) is 5.92 Å². The van der Waals surface area contributed by atoms with Crippen molar-refractivity contribution in [2.75, 3.05) is 19.0 Å². The first kappa shape index (κ1) is 18.6. The number of aromatic nitrogens is 1. The molecule has 2 atom stereocenters. The van der Waals surface area contributed by atoms with Crippen molar-refractivity contribution in [3.05, 3.63) is 30.5 Å². The second-order valence-electron chi connectivity index (χ2n) is 7.21. The average Bonchev–Trinajstić information content (AvgIpc) is 2.66. The zero-order chi connectivity index (χ0) is 18.6. The summed E-state index contributed by atoms with van der Waals surface area (Å²) in [7, 11) is 1.62. The van der Waals surface area contributed by atoms with Crippen LogP contribution in [0.5, 0.6) is 5.75 Å². The monoisotopic (exact) mass is 356 g/mol. The van der Waals surface area contributed by atoms with E-state index in [1.165, 1.54) is 0 Å². The molecule has 1 aliphatic rings. The van der Waals surface area contributed by atoms with Gasteiger partial charge in [-0.2, -0.15) is 0 Å². The van der Waals surface area contributed by atoms with Gasteiger partial charge in [0, 0.05) is 18.2 Å². The fraction of sp³-hybridized carbons (Fsp3) is 0.524. The number of carbonyl (C=O) groups excluding carboxylic acids is 1. The minimum atomic E-state index is -0.734. The van der Waals surface area contributed by atoms with Gasteiger partial charge in [-0.25, -0.2) is 0 Å². The van der Waals surface area contributed by atoms with Crippen molar-refractivity contribution in [3.8, 4) is 5.75 Å². The summed E-state index contributed by atoms with van der Waals surface area (Å²) in [4.78, 5) is 17.7. The summed E-state index contributed by atoms with van der Waals surface area (Å²) >= 11 is 0. The van der Waals surface area contributed by atoms with E-state index in [0.717, 1.165) is 48.7 Å². The van der Waals surface area contributed by atoms with Crippen LogP contribution in [0, 0.1) is 5.92 Å². The number of nitrogens with zero attached hydrogens (tertiary/aromatic N) is 1. The van der Waals surface area contributed by atoms with Gasteiger partial charge >= 0.3 is 0 Å². The summed E-state index contributed by atoms with van der Waals surface area (Å²) in [6.07, 6.45) is 6.34. The lowest BCUT2D eigenvalue weighted by Crippen LogP contribution is -2.48. The molecule has 0 radical (unpaired) electrons. The predicted molar refractivity (Wildman–Crippen MR) is 104 cm³/mol. The predicted octanol–water partition coefficient (Wildman–Crippen LogP) is 4.56. The van der Waals surface area contributed by atoms with Gasteiger partial charge in [-0.15, -0.1) is 0 Å². The number of methoxy groups -OCH3 is 1. The van der Waals surface area contributed by atoms with Crippen LogP contribution in [0.25, 0.3) is 10.9 Å². The summed E-state index contributed by atoms with van der Waals surface area (Å²) in [5, 5.41) is 3.99. The highest BCUT2D eigenvalue weighted by Crippen LogP contribution is 2.37. The van der Waals surface area contributed by atoms with Crippen molar-refractivity contribution in [1.82, 2.24) is 4.98 Å². The quantitative estimate of drug-likeness (QED) is 0.824. The maximum atomic E-state index is 13.3. The fourth-order valence-electron chi connectivity index (χ4n) is 3.86. The fourth-order valence-corrected chi connectivity index (χ4v) is 3.86. The highest BCUT2D eigenvalue weighted by molar-refractivity contribution is 6.05. The molecular weight excluding hydrogens is 328 g/mol. The van der Waals surface area contributed by atoms with E-state index in [2.05, 4.69) is 24.1 Å². The van der Waals surface area contributed by atoms with Crippen LogP contribution in [0.15, 0.2) is 30.5 Å². The summed E-state index contributed by atoms with van der Waals surface area (Å²) in [5.74, 6) is 1.13. The Balaban J connectivity index is 1.91. The maximum Gasteiger partial charge on any atom is 0.256 e. The Morgan fingerprint density at radius 3 is 2.96 bits per heavy atom. The molecule has 0 bridgehead atoms. The number of anilines is 1. The number of fused-ring (bicyclic) bond motifs is 1. The molecule has 1 aliphatic carbocycles. The van der Waals surface area contributed by atoms with Gasteiger partial charge in [-0.05, 0) is 55.9 Å². The molecule has 3 rings (SSSR count). The van der Waals surface area contributed by atoms with Crippen LogP contribution in [0.3, 0.4) is 0 Å². The lowest BCUT2D eigenvalue weighted by molar-refractivity contribution is -0.148. The molecule has 140 valence electrons. The second-order valence-corrected chi connectivity index (χ2v) is 7.21. The Kier molecular flexibility index (Phi) is 5.77. The number of rotatable bonds is 6. The zero-order valence-electron chi connectivity index (χ0n) is 15.9. The number of carbonyl (C=O) groups is 1. The lowest BCUT2D eigenvalue weighted by Gasteiger charge is -2.38. The molecule has 26 heavy (non-hydrogen) atoms. The Morgan fingerprint density at radius 1 is 1.38 bits per heavy atom. The second kappa shape index (κ2) is 8.04. The van der Waals surface area contributed by atoms with Crippen molar-refractivity contribution >= 4 is 22.5 Å². The highest BCUT2D eigenvalue weighted by atomic mass is 16.5. The van der Waals surface area contributed by atoms with Gasteiger partial charge in [-0.3, -0.25) is 9.78 Å². The van der Waals surface area contributed by atoms with Gasteiger partial charge in [0.15, 0.2) is 0 Å². The van der Waals surface area contributed by atoms with Crippen molar-refractivity contribution in [2.45, 2.75) is 51.6 Å². The molecule has 0 aliphatic heterocycles. The molecular formula is C21H28N2O3. The number of hydrogen-bond donors (Lipinski definition) is 1. The number of pyridine rings is 1. The van der Waals surface area contributed by atoms with Crippen LogP contribution >= 0.6 is 0 Å². The van der Waals surface area contributed by atoms with Gasteiger partial charge in [0.25, 0.3) is 5.91 Å². The smallest absolute Gasteiger partial charge is 0.256 e. The highest BCUT2D eigenvalue weighted by Gasteiger charge is 2.42. The van der Waals surface area contributed by atoms with Crippen molar-refractivity contribution < 1.29 is 14.3 Å². The van der Waals surface area contributed by atoms with Crippen LogP contribution in [0.1, 0.15) is 46.0 Å². The third-order valence-electron chi connectivity index (χ3n) is 5.15. The third kappa shape index (κ3) is 3.68. The summed E-state index contributed by atoms with van der Waals surface area (Å²) in [5.41, 5.74) is 0.757. The van der Waals surface area contributed by atoms with Gasteiger partial charge in [0.2, 0.25) is 0 Å². The van der Waals surface area contributed by atoms with E-state index in [1.807, 2.05) is 24.3 Å². The van der Waals surface area contributed by atoms with Crippen LogP contribution in [0.2, 0.25) is 0 Å². The van der Waals surface area contributed by atoms with E-state index in [4.69, 9.17) is 9.47 Å². The van der Waals surface area contributed by atoms with E-state index in [9.17, 15) is 4.79 Å². The summed E-state index contributed by atoms with van der Waals surface area (Å²) < 4.78 is 11.5. The molecule has 0 spiro atoms. The van der Waals surface area contributed by atoms with E-state index in [0.29, 0.717) is 18.3 Å². The molecule has 1 saturated carbocycles. The molecule has 1 aromatic carbocycles. The van der Waals surface area contributed by atoms with E-state index in [-0.39, 0.29) is 5.91 Å². The van der Waals surface area contributed by atoms with Crippen molar-refractivity contribution in [1.29, 1.82) is 0 Å². The number of amides is 1. The molecule has 0 unspecified atom stereocenters. The molecule has 1 aromatic heterocycles. The number of nitrogens with one attached hydrogen (secondary N) is 1. The minimum Gasteiger partial charge on any atom is -0.494 e. The molecule has 5 heteroatoms. The first-order valence-corrected chi connectivity index (χ1v) is 9.47. The number of hydrogen-bond acceptors (Lipinski definition) is 4. The Hall–Kier alpha value is -2.14. The molecule has 1 N–H and O–H groups in total. The third-order valence-corrected chi connectivity index (χ3v) is 5.15. The standard InChI is InChI=1S/C21H28N2O3/c1-4-13-26-21(11-5-7-15(2)14-21)20(24)23-17-9-10-18(25-3)19-16(17)8-6-12-22-19/h6,8-10,12,15H,4-5,7,11,13-14H2,1-3H3,(H,23,24)/t15-,21-/m1/s1. The molecule has 1 heterocycles. The van der Waals surface area contributed by atoms with Crippen LogP contribution in [-0.4, -0.2) is 30.2 Å². The largest absolute Gasteiger partial charge is 0.494 e. The Labute approximate surface area is 155 Å². The number of benzene rings is 1. The van der Waals surface area contributed by atoms with Gasteiger partial charge < -0.3 is 14.8 Å². The van der Waals surface area contributed by atoms with Crippen molar-refractivity contribution in [3.63, 3.8) is 0 Å². The summed E-state index contributed by atoms with van der Waals surface area (Å²) in [6.45, 7) is 4.87. The Morgan fingerprint density at radius 2 is 2.23 bits per heavy atom. The molecule has 0 saturated heterocycles. The number of ether oxygens (including phenoxy) is 2. The minimum absolute atomic E-state index is 0.0483. The average molecular weight is 356 g/mol. The van der Waals surface area contributed by atoms with Gasteiger partial charge in [-0.1, -0.05) is 20.3 Å². The maximum absolute atomic E-state index is 13.3.